The molecule has 0 radical (unpaired) electrons. The maximum Gasteiger partial charge on any atom is 0.213 e. The maximum atomic E-state index is 6.64. The highest BCUT2D eigenvalue weighted by molar-refractivity contribution is 6.36. The van der Waals surface area contributed by atoms with Gasteiger partial charge in [-0.25, -0.2) is 0 Å². The number of aromatic nitrogens is 1. The Hall–Kier alpha value is -0.350. The van der Waals surface area contributed by atoms with Crippen LogP contribution in [0.2, 0.25) is 5.02 Å². The first-order chi connectivity index (χ1) is 8.79. The molecule has 102 valence electrons. The maximum absolute atomic E-state index is 6.64. The summed E-state index contributed by atoms with van der Waals surface area (Å²) in [6, 6.07) is 8.47. The zero-order valence-electron chi connectivity index (χ0n) is 11.3. The van der Waals surface area contributed by atoms with E-state index in [1.807, 2.05) is 0 Å². The summed E-state index contributed by atoms with van der Waals surface area (Å²) >= 11 is 6.64. The summed E-state index contributed by atoms with van der Waals surface area (Å²) < 4.78 is 2.35. The number of rotatable bonds is 0. The summed E-state index contributed by atoms with van der Waals surface area (Å²) in [5.74, 6) is 0. The average molecular weight is 388 g/mol. The van der Waals surface area contributed by atoms with Gasteiger partial charge in [-0.15, -0.1) is 0 Å². The van der Waals surface area contributed by atoms with E-state index in [4.69, 9.17) is 11.6 Å². The van der Waals surface area contributed by atoms with Crippen LogP contribution in [0.4, 0.5) is 0 Å². The summed E-state index contributed by atoms with van der Waals surface area (Å²) in [5.41, 5.74) is 4.08. The third-order valence-corrected chi connectivity index (χ3v) is 4.54. The van der Waals surface area contributed by atoms with Crippen molar-refractivity contribution in [1.82, 2.24) is 0 Å². The van der Waals surface area contributed by atoms with Crippen molar-refractivity contribution < 1.29 is 28.5 Å². The molecule has 0 saturated heterocycles. The van der Waals surface area contributed by atoms with Gasteiger partial charge in [-0.05, 0) is 25.3 Å². The quantitative estimate of drug-likeness (QED) is 0.469. The predicted molar refractivity (Wildman–Crippen MR) is 76.0 cm³/mol. The van der Waals surface area contributed by atoms with Crippen LogP contribution in [-0.2, 0) is 19.9 Å². The number of fused-ring (bicyclic) bond motifs is 2. The summed E-state index contributed by atoms with van der Waals surface area (Å²) in [7, 11) is 2.18. The fourth-order valence-electron chi connectivity index (χ4n) is 3.11. The molecule has 1 nitrogen and oxygen atoms in total. The molecule has 0 amide bonds. The van der Waals surface area contributed by atoms with Gasteiger partial charge in [0.25, 0.3) is 0 Å². The van der Waals surface area contributed by atoms with E-state index in [2.05, 4.69) is 35.9 Å². The number of halogens is 2. The minimum absolute atomic E-state index is 0. The smallest absolute Gasteiger partial charge is 0.213 e. The first-order valence-electron chi connectivity index (χ1n) is 6.87. The van der Waals surface area contributed by atoms with Crippen LogP contribution in [0.15, 0.2) is 24.3 Å². The van der Waals surface area contributed by atoms with E-state index in [-0.39, 0.29) is 24.0 Å². The third-order valence-electron chi connectivity index (χ3n) is 4.11. The van der Waals surface area contributed by atoms with E-state index in [9.17, 15) is 0 Å². The Labute approximate surface area is 137 Å². The molecule has 0 bridgehead atoms. The molecule has 1 aromatic heterocycles. The lowest BCUT2D eigenvalue weighted by Crippen LogP contribution is -3.00. The summed E-state index contributed by atoms with van der Waals surface area (Å²) in [4.78, 5) is 0. The molecular formula is C16H19ClIN. The van der Waals surface area contributed by atoms with Gasteiger partial charge in [-0.3, -0.25) is 0 Å². The Balaban J connectivity index is 0.00000133. The largest absolute Gasteiger partial charge is 1.00 e. The monoisotopic (exact) mass is 387 g/mol. The number of para-hydroxylation sites is 1. The molecule has 3 rings (SSSR count). The molecule has 0 aliphatic heterocycles. The Morgan fingerprint density at radius 2 is 1.68 bits per heavy atom. The minimum Gasteiger partial charge on any atom is -1.00 e. The van der Waals surface area contributed by atoms with Crippen molar-refractivity contribution in [3.63, 3.8) is 0 Å². The van der Waals surface area contributed by atoms with Gasteiger partial charge in [0.15, 0.2) is 5.69 Å². The Morgan fingerprint density at radius 3 is 2.47 bits per heavy atom. The number of hydrogen-bond acceptors (Lipinski definition) is 0. The highest BCUT2D eigenvalue weighted by Crippen LogP contribution is 2.30. The van der Waals surface area contributed by atoms with E-state index in [0.29, 0.717) is 0 Å². The van der Waals surface area contributed by atoms with Crippen LogP contribution in [-0.4, -0.2) is 0 Å². The first-order valence-corrected chi connectivity index (χ1v) is 7.25. The third kappa shape index (κ3) is 2.75. The molecule has 2 aromatic rings. The summed E-state index contributed by atoms with van der Waals surface area (Å²) in [6.45, 7) is 0. The molecule has 0 saturated carbocycles. The topological polar surface area (TPSA) is 3.88 Å². The Bertz CT molecular complexity index is 542. The minimum atomic E-state index is 0. The van der Waals surface area contributed by atoms with Gasteiger partial charge >= 0.3 is 0 Å². The lowest BCUT2D eigenvalue weighted by atomic mass is 9.95. The van der Waals surface area contributed by atoms with E-state index in [1.165, 1.54) is 47.8 Å². The average Bonchev–Trinajstić information content (AvgIpc) is 2.36. The highest BCUT2D eigenvalue weighted by atomic mass is 127. The fraction of sp³-hybridized carbons (Fsp3) is 0.438. The van der Waals surface area contributed by atoms with Crippen LogP contribution in [0, 0.1) is 0 Å². The van der Waals surface area contributed by atoms with Gasteiger partial charge in [-0.2, -0.15) is 4.57 Å². The second kappa shape index (κ2) is 6.40. The van der Waals surface area contributed by atoms with Gasteiger partial charge < -0.3 is 24.0 Å². The fourth-order valence-corrected chi connectivity index (χ4v) is 3.47. The molecule has 3 heteroatoms. The molecule has 1 heterocycles. The second-order valence-electron chi connectivity index (χ2n) is 5.23. The van der Waals surface area contributed by atoms with E-state index in [1.54, 1.807) is 0 Å². The number of aryl methyl sites for hydroxylation is 1. The van der Waals surface area contributed by atoms with E-state index in [0.717, 1.165) is 17.9 Å². The van der Waals surface area contributed by atoms with Crippen LogP contribution in [0.5, 0.6) is 0 Å². The van der Waals surface area contributed by atoms with Gasteiger partial charge in [0, 0.05) is 18.1 Å². The first kappa shape index (κ1) is 15.0. The van der Waals surface area contributed by atoms with Crippen molar-refractivity contribution in [1.29, 1.82) is 0 Å². The van der Waals surface area contributed by atoms with Crippen molar-refractivity contribution in [3.8, 4) is 0 Å². The molecule has 0 fully saturated rings. The summed E-state index contributed by atoms with van der Waals surface area (Å²) in [5, 5.41) is 2.18. The van der Waals surface area contributed by atoms with Gasteiger partial charge in [0.2, 0.25) is 5.52 Å². The number of pyridine rings is 1. The lowest BCUT2D eigenvalue weighted by Gasteiger charge is -2.15. The van der Waals surface area contributed by atoms with Crippen LogP contribution in [0.25, 0.3) is 10.9 Å². The zero-order valence-corrected chi connectivity index (χ0v) is 14.2. The molecule has 0 N–H and O–H groups in total. The molecule has 19 heavy (non-hydrogen) atoms. The second-order valence-corrected chi connectivity index (χ2v) is 5.61. The molecule has 0 unspecified atom stereocenters. The van der Waals surface area contributed by atoms with Crippen LogP contribution in [0.3, 0.4) is 0 Å². The van der Waals surface area contributed by atoms with Crippen molar-refractivity contribution in [2.45, 2.75) is 38.5 Å². The van der Waals surface area contributed by atoms with Crippen LogP contribution in [0.1, 0.15) is 36.9 Å². The molecule has 1 aliphatic carbocycles. The van der Waals surface area contributed by atoms with Crippen molar-refractivity contribution >= 4 is 22.5 Å². The Kier molecular flexibility index (Phi) is 5.07. The van der Waals surface area contributed by atoms with E-state index < -0.39 is 0 Å². The number of hydrogen-bond donors (Lipinski definition) is 0. The predicted octanol–water partition coefficient (Wildman–Crippen LogP) is 0.981. The summed E-state index contributed by atoms with van der Waals surface area (Å²) in [6.07, 6.45) is 7.54. The van der Waals surface area contributed by atoms with Crippen molar-refractivity contribution in [2.75, 3.05) is 0 Å². The van der Waals surface area contributed by atoms with E-state index >= 15 is 0 Å². The molecular weight excluding hydrogens is 369 g/mol. The molecule has 1 aromatic carbocycles. The highest BCUT2D eigenvalue weighted by Gasteiger charge is 2.23. The van der Waals surface area contributed by atoms with Crippen LogP contribution >= 0.6 is 11.6 Å². The number of benzene rings is 1. The standard InChI is InChI=1S/C16H19ClN.HI/c1-18-14-10-5-3-2-4-8-12(14)16(17)13-9-6-7-11-15(13)18;/h6-7,9,11H,2-5,8,10H2,1H3;1H/q+1;/p-1. The Morgan fingerprint density at radius 1 is 1.00 bits per heavy atom. The van der Waals surface area contributed by atoms with Crippen LogP contribution < -0.4 is 28.5 Å². The van der Waals surface area contributed by atoms with Crippen molar-refractivity contribution in [2.24, 2.45) is 7.05 Å². The zero-order chi connectivity index (χ0) is 12.5. The van der Waals surface area contributed by atoms with Gasteiger partial charge in [-0.1, -0.05) is 36.6 Å². The molecule has 1 aliphatic rings. The van der Waals surface area contributed by atoms with Gasteiger partial charge in [0.1, 0.15) is 7.05 Å². The molecule has 0 spiro atoms. The normalized spacial score (nSPS) is 15.3. The van der Waals surface area contributed by atoms with Gasteiger partial charge in [0.05, 0.1) is 10.4 Å². The number of nitrogens with zero attached hydrogens (tertiary/aromatic N) is 1. The van der Waals surface area contributed by atoms with Crippen molar-refractivity contribution in [3.05, 3.63) is 40.5 Å². The SMILES string of the molecule is C[n+]1c2c(c(Cl)c3ccccc31)CCCCCC2.[I-]. The lowest BCUT2D eigenvalue weighted by molar-refractivity contribution is -0.653. The molecule has 0 atom stereocenters.